The van der Waals surface area contributed by atoms with Gasteiger partial charge in [0.15, 0.2) is 5.96 Å². The van der Waals surface area contributed by atoms with E-state index < -0.39 is 0 Å². The van der Waals surface area contributed by atoms with Gasteiger partial charge in [-0.15, -0.1) is 24.0 Å². The number of halogens is 1. The van der Waals surface area contributed by atoms with Gasteiger partial charge in [0.2, 0.25) is 5.91 Å². The summed E-state index contributed by atoms with van der Waals surface area (Å²) in [5.41, 5.74) is 6.86. The van der Waals surface area contributed by atoms with Gasteiger partial charge in [-0.3, -0.25) is 9.79 Å². The molecule has 2 aliphatic rings. The number of hydrogen-bond acceptors (Lipinski definition) is 3. The van der Waals surface area contributed by atoms with Crippen LogP contribution in [0.3, 0.4) is 0 Å². The fraction of sp³-hybridized carbons (Fsp3) is 0.667. The van der Waals surface area contributed by atoms with E-state index in [0.29, 0.717) is 5.92 Å². The number of unbranched alkanes of at least 4 members (excludes halogenated alkanes) is 1. The number of benzene rings is 1. The van der Waals surface area contributed by atoms with E-state index in [1.165, 1.54) is 12.0 Å². The lowest BCUT2D eigenvalue weighted by Crippen LogP contribution is -2.40. The van der Waals surface area contributed by atoms with Gasteiger partial charge in [-0.1, -0.05) is 30.3 Å². The van der Waals surface area contributed by atoms with Crippen molar-refractivity contribution in [1.29, 1.82) is 0 Å². The molecule has 0 aliphatic carbocycles. The van der Waals surface area contributed by atoms with Crippen molar-refractivity contribution in [3.63, 3.8) is 0 Å². The molecule has 0 saturated carbocycles. The van der Waals surface area contributed by atoms with Crippen molar-refractivity contribution in [2.45, 2.75) is 45.4 Å². The molecule has 2 heterocycles. The first-order valence-electron chi connectivity index (χ1n) is 11.7. The number of piperidine rings is 1. The van der Waals surface area contributed by atoms with E-state index in [9.17, 15) is 4.79 Å². The van der Waals surface area contributed by atoms with Crippen molar-refractivity contribution >= 4 is 35.8 Å². The van der Waals surface area contributed by atoms with Crippen LogP contribution >= 0.6 is 24.0 Å². The highest BCUT2D eigenvalue weighted by atomic mass is 127. The van der Waals surface area contributed by atoms with Crippen LogP contribution < -0.4 is 11.1 Å². The molecular formula is C24H40IN5O. The maximum absolute atomic E-state index is 11.3. The summed E-state index contributed by atoms with van der Waals surface area (Å²) in [6.07, 6.45) is 6.48. The molecule has 3 N–H and O–H groups in total. The summed E-state index contributed by atoms with van der Waals surface area (Å²) in [7, 11) is 0. The highest BCUT2D eigenvalue weighted by molar-refractivity contribution is 14.0. The van der Waals surface area contributed by atoms with Crippen LogP contribution in [0.25, 0.3) is 0 Å². The summed E-state index contributed by atoms with van der Waals surface area (Å²) in [6, 6.07) is 10.8. The fourth-order valence-corrected chi connectivity index (χ4v) is 4.64. The molecule has 7 heteroatoms. The predicted octanol–water partition coefficient (Wildman–Crippen LogP) is 3.11. The summed E-state index contributed by atoms with van der Waals surface area (Å²) < 4.78 is 0. The van der Waals surface area contributed by atoms with Crippen LogP contribution in [0.4, 0.5) is 0 Å². The number of carbonyl (C=O) groups excluding carboxylic acids is 1. The number of aliphatic imine (C=N–C) groups is 1. The van der Waals surface area contributed by atoms with Gasteiger partial charge < -0.3 is 20.9 Å². The third kappa shape index (κ3) is 8.60. The van der Waals surface area contributed by atoms with Crippen molar-refractivity contribution in [3.05, 3.63) is 35.9 Å². The Hall–Kier alpha value is -1.35. The zero-order valence-corrected chi connectivity index (χ0v) is 21.3. The Bertz CT molecular complexity index is 676. The number of amides is 1. The minimum Gasteiger partial charge on any atom is -0.369 e. The lowest BCUT2D eigenvalue weighted by Gasteiger charge is -2.30. The zero-order valence-electron chi connectivity index (χ0n) is 19.0. The van der Waals surface area contributed by atoms with Crippen molar-refractivity contribution in [2.75, 3.05) is 45.8 Å². The molecule has 2 aliphatic heterocycles. The molecule has 0 bridgehead atoms. The molecule has 1 unspecified atom stereocenters. The third-order valence-electron chi connectivity index (χ3n) is 6.42. The maximum Gasteiger partial charge on any atom is 0.220 e. The summed E-state index contributed by atoms with van der Waals surface area (Å²) >= 11 is 0. The summed E-state index contributed by atoms with van der Waals surface area (Å²) in [5.74, 6) is 1.74. The minimum atomic E-state index is -0.132. The molecule has 0 radical (unpaired) electrons. The average Bonchev–Trinajstić information content (AvgIpc) is 3.22. The SMILES string of the molecule is CCNC(=NCCCCN1CCC(C(N)=O)CC1)N1CCC(Cc2ccccc2)C1.I. The number of guanidine groups is 1. The van der Waals surface area contributed by atoms with E-state index in [2.05, 4.69) is 52.4 Å². The smallest absolute Gasteiger partial charge is 0.220 e. The second kappa shape index (κ2) is 13.9. The highest BCUT2D eigenvalue weighted by Crippen LogP contribution is 2.21. The first kappa shape index (κ1) is 25.9. The Balaban J connectivity index is 0.00000341. The van der Waals surface area contributed by atoms with E-state index in [1.54, 1.807) is 0 Å². The fourth-order valence-electron chi connectivity index (χ4n) is 4.64. The summed E-state index contributed by atoms with van der Waals surface area (Å²) in [5, 5.41) is 3.49. The monoisotopic (exact) mass is 541 g/mol. The van der Waals surface area contributed by atoms with Crippen LogP contribution in [0.2, 0.25) is 0 Å². The van der Waals surface area contributed by atoms with Crippen molar-refractivity contribution in [1.82, 2.24) is 15.1 Å². The zero-order chi connectivity index (χ0) is 21.2. The largest absolute Gasteiger partial charge is 0.369 e. The second-order valence-electron chi connectivity index (χ2n) is 8.75. The molecule has 1 aromatic rings. The first-order valence-corrected chi connectivity index (χ1v) is 11.7. The Morgan fingerprint density at radius 3 is 2.55 bits per heavy atom. The Morgan fingerprint density at radius 2 is 1.87 bits per heavy atom. The molecule has 31 heavy (non-hydrogen) atoms. The van der Waals surface area contributed by atoms with Crippen LogP contribution in [0, 0.1) is 11.8 Å². The lowest BCUT2D eigenvalue weighted by molar-refractivity contribution is -0.123. The molecular weight excluding hydrogens is 501 g/mol. The standard InChI is InChI=1S/C24H39N5O.HI/c1-2-26-24(29-17-10-21(19-29)18-20-8-4-3-5-9-20)27-13-6-7-14-28-15-11-22(12-16-28)23(25)30;/h3-5,8-9,21-22H,2,6-7,10-19H2,1H3,(H2,25,30)(H,26,27);1H. The predicted molar refractivity (Wildman–Crippen MR) is 139 cm³/mol. The Labute approximate surface area is 205 Å². The van der Waals surface area contributed by atoms with E-state index >= 15 is 0 Å². The number of rotatable bonds is 9. The Morgan fingerprint density at radius 1 is 1.13 bits per heavy atom. The highest BCUT2D eigenvalue weighted by Gasteiger charge is 2.25. The van der Waals surface area contributed by atoms with Gasteiger partial charge in [0.05, 0.1) is 0 Å². The number of primary amides is 1. The van der Waals surface area contributed by atoms with E-state index in [-0.39, 0.29) is 35.8 Å². The molecule has 6 nitrogen and oxygen atoms in total. The average molecular weight is 542 g/mol. The number of nitrogens with one attached hydrogen (secondary N) is 1. The lowest BCUT2D eigenvalue weighted by atomic mass is 9.96. The molecule has 0 aromatic heterocycles. The number of likely N-dealkylation sites (tertiary alicyclic amines) is 2. The topological polar surface area (TPSA) is 74.0 Å². The summed E-state index contributed by atoms with van der Waals surface area (Å²) in [4.78, 5) is 21.1. The molecule has 1 amide bonds. The van der Waals surface area contributed by atoms with Gasteiger partial charge in [0, 0.05) is 32.1 Å². The van der Waals surface area contributed by atoms with Gasteiger partial charge >= 0.3 is 0 Å². The molecule has 0 spiro atoms. The van der Waals surface area contributed by atoms with Crippen molar-refractivity contribution in [2.24, 2.45) is 22.6 Å². The van der Waals surface area contributed by atoms with Crippen molar-refractivity contribution in [3.8, 4) is 0 Å². The minimum absolute atomic E-state index is 0. The number of nitrogens with two attached hydrogens (primary N) is 1. The van der Waals surface area contributed by atoms with Crippen LogP contribution in [0.1, 0.15) is 44.6 Å². The van der Waals surface area contributed by atoms with Gasteiger partial charge in [-0.25, -0.2) is 0 Å². The van der Waals surface area contributed by atoms with E-state index in [1.807, 2.05) is 0 Å². The molecule has 3 rings (SSSR count). The quantitative estimate of drug-likeness (QED) is 0.218. The molecule has 174 valence electrons. The van der Waals surface area contributed by atoms with Gasteiger partial charge in [-0.05, 0) is 76.6 Å². The van der Waals surface area contributed by atoms with Gasteiger partial charge in [0.25, 0.3) is 0 Å². The van der Waals surface area contributed by atoms with E-state index in [4.69, 9.17) is 10.7 Å². The first-order chi connectivity index (χ1) is 14.7. The molecule has 1 atom stereocenters. The van der Waals surface area contributed by atoms with Crippen LogP contribution in [-0.4, -0.2) is 67.5 Å². The number of hydrogen-bond donors (Lipinski definition) is 2. The Kier molecular flexibility index (Phi) is 11.6. The van der Waals surface area contributed by atoms with Crippen LogP contribution in [0.5, 0.6) is 0 Å². The molecule has 2 fully saturated rings. The van der Waals surface area contributed by atoms with Crippen molar-refractivity contribution < 1.29 is 4.79 Å². The van der Waals surface area contributed by atoms with Gasteiger partial charge in [-0.2, -0.15) is 0 Å². The maximum atomic E-state index is 11.3. The second-order valence-corrected chi connectivity index (χ2v) is 8.75. The van der Waals surface area contributed by atoms with E-state index in [0.717, 1.165) is 83.9 Å². The number of nitrogens with zero attached hydrogens (tertiary/aromatic N) is 3. The molecule has 1 aromatic carbocycles. The normalized spacial score (nSPS) is 20.5. The summed E-state index contributed by atoms with van der Waals surface area (Å²) in [6.45, 7) is 9.20. The van der Waals surface area contributed by atoms with Crippen LogP contribution in [0.15, 0.2) is 35.3 Å². The number of carbonyl (C=O) groups is 1. The third-order valence-corrected chi connectivity index (χ3v) is 6.42. The van der Waals surface area contributed by atoms with Crippen LogP contribution in [-0.2, 0) is 11.2 Å². The van der Waals surface area contributed by atoms with Gasteiger partial charge in [0.1, 0.15) is 0 Å². The molecule has 2 saturated heterocycles.